The van der Waals surface area contributed by atoms with E-state index in [1.54, 1.807) is 0 Å². The molecule has 2 saturated heterocycles. The highest BCUT2D eigenvalue weighted by Crippen LogP contribution is 2.52. The zero-order chi connectivity index (χ0) is 15.5. The van der Waals surface area contributed by atoms with E-state index in [9.17, 15) is 4.79 Å². The summed E-state index contributed by atoms with van der Waals surface area (Å²) in [5.41, 5.74) is 0.815. The van der Waals surface area contributed by atoms with Gasteiger partial charge in [-0.2, -0.15) is 5.06 Å². The maximum Gasteiger partial charge on any atom is 0.434 e. The molecule has 0 aromatic heterocycles. The fourth-order valence-corrected chi connectivity index (χ4v) is 3.77. The highest BCUT2D eigenvalue weighted by atomic mass is 16.7. The number of hydrogen-bond acceptors (Lipinski definition) is 4. The standard InChI is InChI=1S/C17H22N2O3/c1-17(2,3)21-16(20)19-12-9-13(22-19)15-14(12)18(15)10-11-7-5-4-6-8-11/h4-8,12-15H,9-10H2,1-3H3/t12-,13+,14+,15-,18?/m1/s1. The second-order valence-electron chi connectivity index (χ2n) is 7.39. The lowest BCUT2D eigenvalue weighted by atomic mass is 10.2. The summed E-state index contributed by atoms with van der Waals surface area (Å²) < 4.78 is 5.44. The number of carbonyl (C=O) groups is 1. The quantitative estimate of drug-likeness (QED) is 0.787. The molecular formula is C17H22N2O3. The lowest BCUT2D eigenvalue weighted by molar-refractivity contribution is -0.160. The summed E-state index contributed by atoms with van der Waals surface area (Å²) in [4.78, 5) is 20.5. The second kappa shape index (κ2) is 4.70. The van der Waals surface area contributed by atoms with Gasteiger partial charge in [0.2, 0.25) is 0 Å². The largest absolute Gasteiger partial charge is 0.442 e. The van der Waals surface area contributed by atoms with Crippen LogP contribution in [0.15, 0.2) is 30.3 Å². The molecular weight excluding hydrogens is 280 g/mol. The summed E-state index contributed by atoms with van der Waals surface area (Å²) in [5, 5.41) is 1.47. The van der Waals surface area contributed by atoms with Gasteiger partial charge in [0.25, 0.3) is 0 Å². The Morgan fingerprint density at radius 3 is 2.68 bits per heavy atom. The van der Waals surface area contributed by atoms with Crippen LogP contribution in [0.4, 0.5) is 4.79 Å². The molecule has 2 aliphatic heterocycles. The summed E-state index contributed by atoms with van der Waals surface area (Å²) >= 11 is 0. The van der Waals surface area contributed by atoms with Gasteiger partial charge in [0.15, 0.2) is 0 Å². The summed E-state index contributed by atoms with van der Waals surface area (Å²) in [7, 11) is 0. The van der Waals surface area contributed by atoms with Crippen molar-refractivity contribution in [2.24, 2.45) is 0 Å². The molecule has 1 aromatic rings. The summed E-state index contributed by atoms with van der Waals surface area (Å²) in [6.07, 6.45) is 0.705. The van der Waals surface area contributed by atoms with Crippen LogP contribution >= 0.6 is 0 Å². The van der Waals surface area contributed by atoms with Gasteiger partial charge >= 0.3 is 6.09 Å². The monoisotopic (exact) mass is 302 g/mol. The van der Waals surface area contributed by atoms with Crippen molar-refractivity contribution in [2.45, 2.75) is 63.6 Å². The van der Waals surface area contributed by atoms with Crippen molar-refractivity contribution < 1.29 is 14.4 Å². The first-order valence-corrected chi connectivity index (χ1v) is 7.93. The molecule has 1 saturated carbocycles. The van der Waals surface area contributed by atoms with Crippen LogP contribution in [0.3, 0.4) is 0 Å². The Morgan fingerprint density at radius 1 is 1.27 bits per heavy atom. The topological polar surface area (TPSA) is 41.8 Å². The Hall–Kier alpha value is -1.59. The maximum absolute atomic E-state index is 12.2. The van der Waals surface area contributed by atoms with Crippen LogP contribution in [-0.2, 0) is 16.1 Å². The Morgan fingerprint density at radius 2 is 2.00 bits per heavy atom. The van der Waals surface area contributed by atoms with Gasteiger partial charge < -0.3 is 4.74 Å². The summed E-state index contributed by atoms with van der Waals surface area (Å²) in [6.45, 7) is 6.55. The normalized spacial score (nSPS) is 35.4. The number of likely N-dealkylation sites (tertiary alicyclic amines) is 1. The Bertz CT molecular complexity index is 583. The van der Waals surface area contributed by atoms with Gasteiger partial charge in [-0.3, -0.25) is 9.74 Å². The van der Waals surface area contributed by atoms with Crippen LogP contribution in [0.5, 0.6) is 0 Å². The van der Waals surface area contributed by atoms with Crippen molar-refractivity contribution in [1.29, 1.82) is 0 Å². The van der Waals surface area contributed by atoms with E-state index in [1.165, 1.54) is 10.6 Å². The van der Waals surface area contributed by atoms with Gasteiger partial charge in [-0.1, -0.05) is 30.3 Å². The van der Waals surface area contributed by atoms with Gasteiger partial charge in [-0.25, -0.2) is 4.79 Å². The van der Waals surface area contributed by atoms with Crippen molar-refractivity contribution >= 4 is 6.09 Å². The number of carbonyl (C=O) groups excluding carboxylic acids is 1. The van der Waals surface area contributed by atoms with Crippen molar-refractivity contribution in [1.82, 2.24) is 9.96 Å². The highest BCUT2D eigenvalue weighted by molar-refractivity contribution is 5.68. The molecule has 0 radical (unpaired) electrons. The van der Waals surface area contributed by atoms with Crippen LogP contribution in [0.1, 0.15) is 32.8 Å². The summed E-state index contributed by atoms with van der Waals surface area (Å²) in [5.74, 6) is 0. The van der Waals surface area contributed by atoms with Crippen molar-refractivity contribution in [3.8, 4) is 0 Å². The third-order valence-electron chi connectivity index (χ3n) is 4.61. The molecule has 1 unspecified atom stereocenters. The molecule has 1 amide bonds. The Labute approximate surface area is 130 Å². The fraction of sp³-hybridized carbons (Fsp3) is 0.588. The molecule has 0 N–H and O–H groups in total. The smallest absolute Gasteiger partial charge is 0.434 e. The number of piperidine rings is 1. The zero-order valence-electron chi connectivity index (χ0n) is 13.2. The number of nitrogens with zero attached hydrogens (tertiary/aromatic N) is 2. The Kier molecular flexibility index (Phi) is 3.00. The van der Waals surface area contributed by atoms with Crippen LogP contribution in [-0.4, -0.2) is 45.9 Å². The number of fused-ring (bicyclic) bond motifs is 5. The molecule has 5 nitrogen and oxygen atoms in total. The van der Waals surface area contributed by atoms with E-state index in [1.807, 2.05) is 26.8 Å². The highest BCUT2D eigenvalue weighted by Gasteiger charge is 2.69. The number of amides is 1. The Balaban J connectivity index is 1.42. The molecule has 5 heteroatoms. The lowest BCUT2D eigenvalue weighted by Gasteiger charge is -2.28. The molecule has 0 spiro atoms. The van der Waals surface area contributed by atoms with Crippen LogP contribution in [0, 0.1) is 0 Å². The van der Waals surface area contributed by atoms with E-state index in [4.69, 9.17) is 9.57 Å². The first-order valence-electron chi connectivity index (χ1n) is 7.93. The first-order chi connectivity index (χ1) is 10.4. The third-order valence-corrected chi connectivity index (χ3v) is 4.61. The lowest BCUT2D eigenvalue weighted by Crippen LogP contribution is -2.43. The van der Waals surface area contributed by atoms with Gasteiger partial charge in [-0.15, -0.1) is 0 Å². The molecule has 1 aromatic carbocycles. The molecule has 4 rings (SSSR count). The van der Waals surface area contributed by atoms with Crippen molar-refractivity contribution in [2.75, 3.05) is 0 Å². The van der Waals surface area contributed by atoms with E-state index in [-0.39, 0.29) is 18.2 Å². The average Bonchev–Trinajstić information content (AvgIpc) is 2.85. The van der Waals surface area contributed by atoms with Gasteiger partial charge in [0.1, 0.15) is 11.7 Å². The predicted molar refractivity (Wildman–Crippen MR) is 80.9 cm³/mol. The van der Waals surface area contributed by atoms with E-state index < -0.39 is 5.60 Å². The van der Waals surface area contributed by atoms with Gasteiger partial charge in [-0.05, 0) is 26.3 Å². The van der Waals surface area contributed by atoms with E-state index in [0.29, 0.717) is 12.1 Å². The molecule has 2 bridgehead atoms. The molecule has 3 aliphatic rings. The van der Waals surface area contributed by atoms with E-state index >= 15 is 0 Å². The SMILES string of the molecule is CC(C)(C)OC(=O)N1O[C@H]2C[C@@H]1[C@H]1[C@@H]2N1Cc1ccccc1. The van der Waals surface area contributed by atoms with E-state index in [0.717, 1.165) is 13.0 Å². The summed E-state index contributed by atoms with van der Waals surface area (Å²) in [6, 6.07) is 11.5. The van der Waals surface area contributed by atoms with Crippen molar-refractivity contribution in [3.63, 3.8) is 0 Å². The minimum Gasteiger partial charge on any atom is -0.442 e. The number of hydrogen-bond donors (Lipinski definition) is 0. The van der Waals surface area contributed by atoms with E-state index in [2.05, 4.69) is 29.2 Å². The third kappa shape index (κ3) is 2.29. The predicted octanol–water partition coefficient (Wildman–Crippen LogP) is 2.56. The second-order valence-corrected chi connectivity index (χ2v) is 7.39. The first kappa shape index (κ1) is 14.0. The molecule has 3 fully saturated rings. The maximum atomic E-state index is 12.2. The fourth-order valence-electron chi connectivity index (χ4n) is 3.77. The van der Waals surface area contributed by atoms with Gasteiger partial charge in [0.05, 0.1) is 18.1 Å². The van der Waals surface area contributed by atoms with Crippen LogP contribution in [0.25, 0.3) is 0 Å². The van der Waals surface area contributed by atoms with Crippen LogP contribution < -0.4 is 0 Å². The van der Waals surface area contributed by atoms with Crippen LogP contribution in [0.2, 0.25) is 0 Å². The number of hydroxylamine groups is 2. The average molecular weight is 302 g/mol. The van der Waals surface area contributed by atoms with Gasteiger partial charge in [0, 0.05) is 13.0 Å². The molecule has 5 atom stereocenters. The molecule has 2 heterocycles. The minimum absolute atomic E-state index is 0.131. The zero-order valence-corrected chi connectivity index (χ0v) is 13.2. The minimum atomic E-state index is -0.491. The molecule has 1 aliphatic carbocycles. The molecule has 118 valence electrons. The molecule has 22 heavy (non-hydrogen) atoms. The number of rotatable bonds is 2. The number of ether oxygens (including phenoxy) is 1. The van der Waals surface area contributed by atoms with Crippen molar-refractivity contribution in [3.05, 3.63) is 35.9 Å². The number of benzene rings is 1.